The highest BCUT2D eigenvalue weighted by Crippen LogP contribution is 2.15. The molecule has 0 N–H and O–H groups in total. The molecular formula is C9H20O2. The maximum atomic E-state index is 5.23. The predicted molar refractivity (Wildman–Crippen MR) is 46.3 cm³/mol. The van der Waals surface area contributed by atoms with E-state index < -0.39 is 0 Å². The van der Waals surface area contributed by atoms with Gasteiger partial charge in [-0.15, -0.1) is 0 Å². The summed E-state index contributed by atoms with van der Waals surface area (Å²) in [7, 11) is 0. The minimum absolute atomic E-state index is 0.149. The lowest BCUT2D eigenvalue weighted by Gasteiger charge is -2.23. The van der Waals surface area contributed by atoms with Crippen LogP contribution in [0.15, 0.2) is 0 Å². The normalized spacial score (nSPS) is 15.0. The molecule has 0 radical (unpaired) electrons. The van der Waals surface area contributed by atoms with Crippen molar-refractivity contribution in [1.29, 1.82) is 0 Å². The van der Waals surface area contributed by atoms with Crippen LogP contribution in [0.2, 0.25) is 0 Å². The number of hydrogen-bond acceptors (Lipinski definition) is 2. The van der Waals surface area contributed by atoms with Crippen LogP contribution < -0.4 is 0 Å². The SMILES string of the molecule is CCC(C)OOC(C)(C)CC. The fourth-order valence-corrected chi connectivity index (χ4v) is 0.339. The van der Waals surface area contributed by atoms with Crippen molar-refractivity contribution in [1.82, 2.24) is 0 Å². The van der Waals surface area contributed by atoms with Crippen LogP contribution in [0.5, 0.6) is 0 Å². The molecule has 0 aliphatic heterocycles. The minimum atomic E-state index is -0.149. The van der Waals surface area contributed by atoms with Crippen LogP contribution in [0.1, 0.15) is 47.5 Å². The summed E-state index contributed by atoms with van der Waals surface area (Å²) in [5.41, 5.74) is -0.149. The van der Waals surface area contributed by atoms with Gasteiger partial charge in [-0.2, -0.15) is 0 Å². The molecule has 0 aromatic rings. The van der Waals surface area contributed by atoms with Crippen molar-refractivity contribution in [3.05, 3.63) is 0 Å². The Morgan fingerprint density at radius 2 is 1.82 bits per heavy atom. The van der Waals surface area contributed by atoms with Crippen molar-refractivity contribution in [2.45, 2.75) is 59.2 Å². The number of hydrogen-bond donors (Lipinski definition) is 0. The Hall–Kier alpha value is -0.0800. The van der Waals surface area contributed by atoms with Crippen LogP contribution in [-0.4, -0.2) is 11.7 Å². The molecule has 0 amide bonds. The van der Waals surface area contributed by atoms with Crippen LogP contribution in [0.3, 0.4) is 0 Å². The molecule has 11 heavy (non-hydrogen) atoms. The molecule has 0 heterocycles. The van der Waals surface area contributed by atoms with Gasteiger partial charge in [0.15, 0.2) is 0 Å². The zero-order valence-corrected chi connectivity index (χ0v) is 8.31. The molecule has 0 saturated heterocycles. The molecule has 1 atom stereocenters. The summed E-state index contributed by atoms with van der Waals surface area (Å²) >= 11 is 0. The largest absolute Gasteiger partial charge is 0.233 e. The Morgan fingerprint density at radius 3 is 2.18 bits per heavy atom. The Balaban J connectivity index is 3.52. The summed E-state index contributed by atoms with van der Waals surface area (Å²) in [5.74, 6) is 0. The smallest absolute Gasteiger partial charge is 0.0977 e. The topological polar surface area (TPSA) is 18.5 Å². The van der Waals surface area contributed by atoms with Crippen molar-refractivity contribution in [3.63, 3.8) is 0 Å². The molecular weight excluding hydrogens is 140 g/mol. The van der Waals surface area contributed by atoms with E-state index in [1.807, 2.05) is 20.8 Å². The Bertz CT molecular complexity index is 99.7. The molecule has 0 rings (SSSR count). The van der Waals surface area contributed by atoms with E-state index in [9.17, 15) is 0 Å². The molecule has 0 aromatic heterocycles. The predicted octanol–water partition coefficient (Wildman–Crippen LogP) is 2.92. The second-order valence-electron chi connectivity index (χ2n) is 3.51. The van der Waals surface area contributed by atoms with Gasteiger partial charge >= 0.3 is 0 Å². The molecule has 0 aliphatic carbocycles. The van der Waals surface area contributed by atoms with Crippen molar-refractivity contribution < 1.29 is 9.78 Å². The first-order valence-corrected chi connectivity index (χ1v) is 4.36. The van der Waals surface area contributed by atoms with Gasteiger partial charge in [-0.1, -0.05) is 13.8 Å². The Morgan fingerprint density at radius 1 is 1.27 bits per heavy atom. The fourth-order valence-electron chi connectivity index (χ4n) is 0.339. The van der Waals surface area contributed by atoms with Gasteiger partial charge in [0, 0.05) is 0 Å². The average molecular weight is 160 g/mol. The highest BCUT2D eigenvalue weighted by Gasteiger charge is 2.17. The first-order valence-electron chi connectivity index (χ1n) is 4.36. The molecule has 2 heteroatoms. The van der Waals surface area contributed by atoms with Crippen LogP contribution in [0.25, 0.3) is 0 Å². The zero-order chi connectivity index (χ0) is 8.91. The molecule has 0 bridgehead atoms. The van der Waals surface area contributed by atoms with Gasteiger partial charge in [0.25, 0.3) is 0 Å². The quantitative estimate of drug-likeness (QED) is 0.455. The number of rotatable bonds is 5. The second kappa shape index (κ2) is 4.73. The van der Waals surface area contributed by atoms with Crippen molar-refractivity contribution in [2.24, 2.45) is 0 Å². The zero-order valence-electron chi connectivity index (χ0n) is 8.31. The van der Waals surface area contributed by atoms with Gasteiger partial charge in [-0.05, 0) is 33.6 Å². The Kier molecular flexibility index (Phi) is 4.69. The molecule has 0 aromatic carbocycles. The summed E-state index contributed by atoms with van der Waals surface area (Å²) < 4.78 is 0. The van der Waals surface area contributed by atoms with Crippen LogP contribution in [0.4, 0.5) is 0 Å². The third-order valence-corrected chi connectivity index (χ3v) is 1.86. The third-order valence-electron chi connectivity index (χ3n) is 1.86. The minimum Gasteiger partial charge on any atom is -0.233 e. The first-order chi connectivity index (χ1) is 5.02. The van der Waals surface area contributed by atoms with Crippen molar-refractivity contribution in [3.8, 4) is 0 Å². The van der Waals surface area contributed by atoms with Gasteiger partial charge in [-0.25, -0.2) is 9.78 Å². The summed E-state index contributed by atoms with van der Waals surface area (Å²) in [5, 5.41) is 0. The van der Waals surface area contributed by atoms with Crippen molar-refractivity contribution >= 4 is 0 Å². The molecule has 0 saturated carbocycles. The fraction of sp³-hybridized carbons (Fsp3) is 1.00. The lowest BCUT2D eigenvalue weighted by Crippen LogP contribution is -2.25. The molecule has 2 nitrogen and oxygen atoms in total. The van der Waals surface area contributed by atoms with E-state index in [1.54, 1.807) is 0 Å². The molecule has 1 unspecified atom stereocenters. The van der Waals surface area contributed by atoms with Gasteiger partial charge in [0.2, 0.25) is 0 Å². The summed E-state index contributed by atoms with van der Waals surface area (Å²) in [6, 6.07) is 0. The van der Waals surface area contributed by atoms with Crippen molar-refractivity contribution in [2.75, 3.05) is 0 Å². The Labute approximate surface area is 69.8 Å². The summed E-state index contributed by atoms with van der Waals surface area (Å²) in [6.07, 6.45) is 2.14. The van der Waals surface area contributed by atoms with Crippen LogP contribution in [0, 0.1) is 0 Å². The molecule has 0 fully saturated rings. The van der Waals surface area contributed by atoms with E-state index in [2.05, 4.69) is 13.8 Å². The van der Waals surface area contributed by atoms with E-state index in [0.29, 0.717) is 0 Å². The summed E-state index contributed by atoms with van der Waals surface area (Å²) in [6.45, 7) is 10.2. The van der Waals surface area contributed by atoms with Gasteiger partial charge in [0.1, 0.15) is 0 Å². The van der Waals surface area contributed by atoms with E-state index in [1.165, 1.54) is 0 Å². The maximum absolute atomic E-state index is 5.23. The molecule has 0 spiro atoms. The van der Waals surface area contributed by atoms with Crippen LogP contribution >= 0.6 is 0 Å². The average Bonchev–Trinajstić information content (AvgIpc) is 2.00. The third kappa shape index (κ3) is 5.22. The van der Waals surface area contributed by atoms with E-state index >= 15 is 0 Å². The summed E-state index contributed by atoms with van der Waals surface area (Å²) in [4.78, 5) is 10.4. The van der Waals surface area contributed by atoms with Gasteiger partial charge < -0.3 is 0 Å². The lowest BCUT2D eigenvalue weighted by molar-refractivity contribution is -0.374. The monoisotopic (exact) mass is 160 g/mol. The van der Waals surface area contributed by atoms with Crippen LogP contribution in [-0.2, 0) is 9.78 Å². The molecule has 68 valence electrons. The van der Waals surface area contributed by atoms with Gasteiger partial charge in [-0.3, -0.25) is 0 Å². The van der Waals surface area contributed by atoms with E-state index in [4.69, 9.17) is 9.78 Å². The standard InChI is InChI=1S/C9H20O2/c1-6-8(3)10-11-9(4,5)7-2/h8H,6-7H2,1-5H3. The highest BCUT2D eigenvalue weighted by atomic mass is 17.2. The van der Waals surface area contributed by atoms with E-state index in [0.717, 1.165) is 12.8 Å². The van der Waals surface area contributed by atoms with E-state index in [-0.39, 0.29) is 11.7 Å². The lowest BCUT2D eigenvalue weighted by atomic mass is 10.1. The molecule has 0 aliphatic rings. The second-order valence-corrected chi connectivity index (χ2v) is 3.51. The van der Waals surface area contributed by atoms with Gasteiger partial charge in [0.05, 0.1) is 11.7 Å². The first kappa shape index (κ1) is 10.9. The maximum Gasteiger partial charge on any atom is 0.0977 e. The highest BCUT2D eigenvalue weighted by molar-refractivity contribution is 4.62.